The summed E-state index contributed by atoms with van der Waals surface area (Å²) in [6.07, 6.45) is -0.188. The third kappa shape index (κ3) is 3.58. The third-order valence-corrected chi connectivity index (χ3v) is 4.49. The zero-order chi connectivity index (χ0) is 15.4. The lowest BCUT2D eigenvalue weighted by Gasteiger charge is -2.33. The van der Waals surface area contributed by atoms with Gasteiger partial charge < -0.3 is 15.0 Å². The van der Waals surface area contributed by atoms with Gasteiger partial charge in [-0.05, 0) is 6.07 Å². The number of hydrogen-bond donors (Lipinski definition) is 1. The van der Waals surface area contributed by atoms with Crippen molar-refractivity contribution in [3.8, 4) is 0 Å². The summed E-state index contributed by atoms with van der Waals surface area (Å²) in [5, 5.41) is 5.47. The summed E-state index contributed by atoms with van der Waals surface area (Å²) in [5.74, 6) is 0. The van der Waals surface area contributed by atoms with Gasteiger partial charge in [0.2, 0.25) is 0 Å². The summed E-state index contributed by atoms with van der Waals surface area (Å²) in [5.41, 5.74) is 3.54. The molecule has 116 valence electrons. The van der Waals surface area contributed by atoms with Crippen LogP contribution in [0.1, 0.15) is 17.4 Å². The fourth-order valence-corrected chi connectivity index (χ4v) is 3.18. The van der Waals surface area contributed by atoms with Gasteiger partial charge in [0.1, 0.15) is 6.10 Å². The van der Waals surface area contributed by atoms with Crippen molar-refractivity contribution in [1.29, 1.82) is 0 Å². The average molecular weight is 338 g/mol. The van der Waals surface area contributed by atoms with E-state index in [-0.39, 0.29) is 12.1 Å². The zero-order valence-corrected chi connectivity index (χ0v) is 13.4. The molecule has 1 fully saturated rings. The van der Waals surface area contributed by atoms with Crippen molar-refractivity contribution in [3.63, 3.8) is 0 Å². The molecule has 1 atom stereocenters. The second-order valence-corrected chi connectivity index (χ2v) is 6.09. The van der Waals surface area contributed by atoms with Crippen LogP contribution in [0, 0.1) is 0 Å². The molecule has 0 spiro atoms. The van der Waals surface area contributed by atoms with Crippen LogP contribution in [0.3, 0.4) is 0 Å². The molecule has 0 bridgehead atoms. The number of morpholine rings is 1. The summed E-state index contributed by atoms with van der Waals surface area (Å²) in [6.45, 7) is 2.01. The topological polar surface area (TPSA) is 54.5 Å². The van der Waals surface area contributed by atoms with E-state index in [1.54, 1.807) is 10.4 Å². The number of nitrogens with one attached hydrogen (secondary N) is 1. The summed E-state index contributed by atoms with van der Waals surface area (Å²) < 4.78 is 5.76. The standard InChI is InChI=1S/C15H16ClN3O2S/c16-13-4-2-1-3-12(13)14-8-19(5-6-21-14)15(20)17-7-11-9-22-10-18-11/h1-4,9-10,14H,5-8H2,(H,17,20). The SMILES string of the molecule is O=C(NCc1cscn1)N1CCOC(c2ccccc2Cl)C1. The third-order valence-electron chi connectivity index (χ3n) is 3.51. The van der Waals surface area contributed by atoms with Gasteiger partial charge in [-0.2, -0.15) is 0 Å². The van der Waals surface area contributed by atoms with Crippen molar-refractivity contribution < 1.29 is 9.53 Å². The number of urea groups is 1. The lowest BCUT2D eigenvalue weighted by molar-refractivity contribution is -0.0154. The molecule has 22 heavy (non-hydrogen) atoms. The summed E-state index contributed by atoms with van der Waals surface area (Å²) in [4.78, 5) is 18.2. The van der Waals surface area contributed by atoms with Gasteiger partial charge in [-0.15, -0.1) is 11.3 Å². The number of nitrogens with zero attached hydrogens (tertiary/aromatic N) is 2. The van der Waals surface area contributed by atoms with Gasteiger partial charge in [-0.25, -0.2) is 9.78 Å². The van der Waals surface area contributed by atoms with E-state index in [0.29, 0.717) is 31.3 Å². The molecule has 2 aromatic rings. The minimum Gasteiger partial charge on any atom is -0.370 e. The van der Waals surface area contributed by atoms with Crippen molar-refractivity contribution in [2.45, 2.75) is 12.6 Å². The second-order valence-electron chi connectivity index (χ2n) is 4.97. The minimum atomic E-state index is -0.188. The molecule has 7 heteroatoms. The van der Waals surface area contributed by atoms with Crippen molar-refractivity contribution in [3.05, 3.63) is 51.4 Å². The van der Waals surface area contributed by atoms with E-state index in [9.17, 15) is 4.79 Å². The fourth-order valence-electron chi connectivity index (χ4n) is 2.36. The molecule has 0 radical (unpaired) electrons. The first kappa shape index (κ1) is 15.3. The Bertz CT molecular complexity index is 635. The molecule has 3 rings (SSSR count). The van der Waals surface area contributed by atoms with E-state index in [2.05, 4.69) is 10.3 Å². The number of hydrogen-bond acceptors (Lipinski definition) is 4. The maximum atomic E-state index is 12.3. The minimum absolute atomic E-state index is 0.103. The van der Waals surface area contributed by atoms with Gasteiger partial charge in [0.15, 0.2) is 0 Å². The highest BCUT2D eigenvalue weighted by atomic mass is 35.5. The molecule has 0 saturated carbocycles. The number of ether oxygens (including phenoxy) is 1. The normalized spacial score (nSPS) is 18.2. The van der Waals surface area contributed by atoms with Gasteiger partial charge in [-0.3, -0.25) is 0 Å². The summed E-state index contributed by atoms with van der Waals surface area (Å²) >= 11 is 7.72. The Morgan fingerprint density at radius 3 is 3.14 bits per heavy atom. The molecule has 0 aliphatic carbocycles. The predicted octanol–water partition coefficient (Wildman–Crippen LogP) is 3.08. The summed E-state index contributed by atoms with van der Waals surface area (Å²) in [6, 6.07) is 7.47. The fraction of sp³-hybridized carbons (Fsp3) is 0.333. The predicted molar refractivity (Wildman–Crippen MR) is 86.1 cm³/mol. The smallest absolute Gasteiger partial charge is 0.317 e. The highest BCUT2D eigenvalue weighted by Crippen LogP contribution is 2.28. The van der Waals surface area contributed by atoms with Gasteiger partial charge in [-0.1, -0.05) is 29.8 Å². The largest absolute Gasteiger partial charge is 0.370 e. The van der Waals surface area contributed by atoms with Crippen LogP contribution in [0.2, 0.25) is 5.02 Å². The van der Waals surface area contributed by atoms with E-state index >= 15 is 0 Å². The van der Waals surface area contributed by atoms with Crippen LogP contribution in [-0.4, -0.2) is 35.6 Å². The number of aromatic nitrogens is 1. The first-order chi connectivity index (χ1) is 10.7. The first-order valence-corrected chi connectivity index (χ1v) is 8.32. The van der Waals surface area contributed by atoms with Crippen molar-refractivity contribution >= 4 is 29.0 Å². The number of rotatable bonds is 3. The Hall–Kier alpha value is -1.63. The van der Waals surface area contributed by atoms with Crippen LogP contribution >= 0.6 is 22.9 Å². The van der Waals surface area contributed by atoms with Gasteiger partial charge >= 0.3 is 6.03 Å². The molecule has 5 nitrogen and oxygen atoms in total. The molecule has 1 saturated heterocycles. The number of thiazole rings is 1. The molecular weight excluding hydrogens is 322 g/mol. The van der Waals surface area contributed by atoms with Gasteiger partial charge in [0.25, 0.3) is 0 Å². The average Bonchev–Trinajstić information content (AvgIpc) is 3.06. The van der Waals surface area contributed by atoms with E-state index < -0.39 is 0 Å². The van der Waals surface area contributed by atoms with E-state index in [4.69, 9.17) is 16.3 Å². The summed E-state index contributed by atoms with van der Waals surface area (Å²) in [7, 11) is 0. The van der Waals surface area contributed by atoms with Crippen LogP contribution in [0.25, 0.3) is 0 Å². The van der Waals surface area contributed by atoms with Gasteiger partial charge in [0.05, 0.1) is 30.9 Å². The van der Waals surface area contributed by atoms with Crippen molar-refractivity contribution in [2.75, 3.05) is 19.7 Å². The number of carbonyl (C=O) groups is 1. The molecule has 2 amide bonds. The Balaban J connectivity index is 1.60. The molecule has 1 aliphatic rings. The number of halogens is 1. The zero-order valence-electron chi connectivity index (χ0n) is 11.9. The van der Waals surface area contributed by atoms with Crippen molar-refractivity contribution in [2.24, 2.45) is 0 Å². The lowest BCUT2D eigenvalue weighted by atomic mass is 10.1. The molecule has 1 aliphatic heterocycles. The Morgan fingerprint density at radius 2 is 2.36 bits per heavy atom. The Labute approximate surface area is 137 Å². The molecule has 1 unspecified atom stereocenters. The molecule has 1 aromatic heterocycles. The lowest BCUT2D eigenvalue weighted by Crippen LogP contribution is -2.47. The van der Waals surface area contributed by atoms with Crippen LogP contribution in [0.15, 0.2) is 35.2 Å². The van der Waals surface area contributed by atoms with Crippen molar-refractivity contribution in [1.82, 2.24) is 15.2 Å². The number of benzene rings is 1. The Kier molecular flexibility index (Phi) is 4.92. The number of amides is 2. The van der Waals surface area contributed by atoms with E-state index in [1.807, 2.05) is 29.6 Å². The van der Waals surface area contributed by atoms with Crippen LogP contribution < -0.4 is 5.32 Å². The maximum absolute atomic E-state index is 12.3. The quantitative estimate of drug-likeness (QED) is 0.936. The van der Waals surface area contributed by atoms with Crippen LogP contribution in [-0.2, 0) is 11.3 Å². The highest BCUT2D eigenvalue weighted by molar-refractivity contribution is 7.07. The second kappa shape index (κ2) is 7.09. The van der Waals surface area contributed by atoms with Crippen LogP contribution in [0.4, 0.5) is 4.79 Å². The van der Waals surface area contributed by atoms with Crippen LogP contribution in [0.5, 0.6) is 0 Å². The number of carbonyl (C=O) groups excluding carboxylic acids is 1. The van der Waals surface area contributed by atoms with E-state index in [1.165, 1.54) is 11.3 Å². The highest BCUT2D eigenvalue weighted by Gasteiger charge is 2.26. The van der Waals surface area contributed by atoms with Gasteiger partial charge in [0, 0.05) is 22.5 Å². The molecule has 1 aromatic carbocycles. The Morgan fingerprint density at radius 1 is 1.50 bits per heavy atom. The molecule has 1 N–H and O–H groups in total. The molecular formula is C15H16ClN3O2S. The molecule has 2 heterocycles. The maximum Gasteiger partial charge on any atom is 0.317 e. The first-order valence-electron chi connectivity index (χ1n) is 7.00. The van der Waals surface area contributed by atoms with E-state index in [0.717, 1.165) is 11.3 Å². The monoisotopic (exact) mass is 337 g/mol.